The molecular formula is C20H25BrN2O4S. The number of benzene rings is 2. The van der Waals surface area contributed by atoms with Crippen LogP contribution in [0.5, 0.6) is 0 Å². The van der Waals surface area contributed by atoms with Crippen molar-refractivity contribution in [2.24, 2.45) is 0 Å². The number of nitrogens with one attached hydrogen (secondary N) is 1. The fourth-order valence-electron chi connectivity index (χ4n) is 2.59. The van der Waals surface area contributed by atoms with Crippen molar-refractivity contribution in [3.8, 4) is 0 Å². The van der Waals surface area contributed by atoms with Gasteiger partial charge < -0.3 is 10.1 Å². The van der Waals surface area contributed by atoms with Crippen molar-refractivity contribution in [3.63, 3.8) is 0 Å². The Morgan fingerprint density at radius 1 is 1.11 bits per heavy atom. The van der Waals surface area contributed by atoms with Crippen LogP contribution in [0.15, 0.2) is 59.1 Å². The number of sulfonamides is 1. The number of carbonyl (C=O) groups excluding carboxylic acids is 1. The molecule has 0 saturated heterocycles. The van der Waals surface area contributed by atoms with Crippen LogP contribution in [0, 0.1) is 0 Å². The normalized spacial score (nSPS) is 11.2. The summed E-state index contributed by atoms with van der Waals surface area (Å²) in [5.74, 6) is -0.118. The Morgan fingerprint density at radius 2 is 1.79 bits per heavy atom. The number of hydrogen-bond acceptors (Lipinski definition) is 4. The first-order valence-corrected chi connectivity index (χ1v) is 11.6. The standard InChI is InChI=1S/C20H25BrN2O4S/c1-28(25,26)23(19-11-9-18(21)10-12-19)14-5-8-20(24)22-13-15-27-16-17-6-3-2-4-7-17/h2-4,6-7,9-12H,5,8,13-16H2,1H3,(H,22,24). The molecule has 0 radical (unpaired) electrons. The molecule has 0 aromatic heterocycles. The first-order chi connectivity index (χ1) is 13.4. The molecule has 8 heteroatoms. The minimum atomic E-state index is -3.41. The molecule has 0 aliphatic heterocycles. The van der Waals surface area contributed by atoms with E-state index in [2.05, 4.69) is 21.2 Å². The Hall–Kier alpha value is -1.90. The minimum Gasteiger partial charge on any atom is -0.375 e. The molecule has 2 aromatic rings. The van der Waals surface area contributed by atoms with E-state index in [1.807, 2.05) is 30.3 Å². The number of amides is 1. The predicted molar refractivity (Wildman–Crippen MR) is 115 cm³/mol. The molecule has 1 amide bonds. The topological polar surface area (TPSA) is 75.7 Å². The van der Waals surface area contributed by atoms with E-state index < -0.39 is 10.0 Å². The van der Waals surface area contributed by atoms with Crippen molar-refractivity contribution in [1.82, 2.24) is 5.32 Å². The van der Waals surface area contributed by atoms with Gasteiger partial charge in [0.2, 0.25) is 15.9 Å². The summed E-state index contributed by atoms with van der Waals surface area (Å²) >= 11 is 3.33. The lowest BCUT2D eigenvalue weighted by Gasteiger charge is -2.22. The van der Waals surface area contributed by atoms with Gasteiger partial charge in [-0.15, -0.1) is 0 Å². The van der Waals surface area contributed by atoms with Crippen LogP contribution in [-0.4, -0.2) is 40.3 Å². The van der Waals surface area contributed by atoms with Crippen LogP contribution < -0.4 is 9.62 Å². The Kier molecular flexibility index (Phi) is 8.95. The molecule has 2 rings (SSSR count). The van der Waals surface area contributed by atoms with Gasteiger partial charge in [0.15, 0.2) is 0 Å². The molecule has 0 heterocycles. The Morgan fingerprint density at radius 3 is 2.43 bits per heavy atom. The lowest BCUT2D eigenvalue weighted by atomic mass is 10.2. The third kappa shape index (κ3) is 8.00. The van der Waals surface area contributed by atoms with Gasteiger partial charge in [0.05, 0.1) is 25.2 Å². The SMILES string of the molecule is CS(=O)(=O)N(CCCC(=O)NCCOCc1ccccc1)c1ccc(Br)cc1. The largest absolute Gasteiger partial charge is 0.375 e. The molecule has 0 aliphatic carbocycles. The van der Waals surface area contributed by atoms with E-state index in [0.717, 1.165) is 10.0 Å². The van der Waals surface area contributed by atoms with Gasteiger partial charge in [-0.1, -0.05) is 46.3 Å². The summed E-state index contributed by atoms with van der Waals surface area (Å²) in [6.45, 7) is 1.61. The quantitative estimate of drug-likeness (QED) is 0.513. The average Bonchev–Trinajstić information content (AvgIpc) is 2.66. The molecule has 0 fully saturated rings. The summed E-state index contributed by atoms with van der Waals surface area (Å²) in [6, 6.07) is 16.9. The molecule has 0 saturated carbocycles. The van der Waals surface area contributed by atoms with E-state index in [1.54, 1.807) is 24.3 Å². The first-order valence-electron chi connectivity index (χ1n) is 8.98. The zero-order chi connectivity index (χ0) is 20.4. The fraction of sp³-hybridized carbons (Fsp3) is 0.350. The lowest BCUT2D eigenvalue weighted by molar-refractivity contribution is -0.121. The highest BCUT2D eigenvalue weighted by Gasteiger charge is 2.17. The zero-order valence-corrected chi connectivity index (χ0v) is 18.2. The van der Waals surface area contributed by atoms with Gasteiger partial charge >= 0.3 is 0 Å². The molecule has 6 nitrogen and oxygen atoms in total. The van der Waals surface area contributed by atoms with E-state index in [1.165, 1.54) is 10.6 Å². The Bertz CT molecular complexity index is 842. The Labute approximate surface area is 175 Å². The van der Waals surface area contributed by atoms with Gasteiger partial charge in [0.25, 0.3) is 0 Å². The van der Waals surface area contributed by atoms with Crippen LogP contribution in [0.1, 0.15) is 18.4 Å². The molecule has 0 spiro atoms. The maximum absolute atomic E-state index is 12.1. The summed E-state index contributed by atoms with van der Waals surface area (Å²) in [4.78, 5) is 11.9. The maximum atomic E-state index is 12.1. The van der Waals surface area contributed by atoms with Crippen LogP contribution in [0.25, 0.3) is 0 Å². The van der Waals surface area contributed by atoms with Gasteiger partial charge in [-0.05, 0) is 36.2 Å². The highest BCUT2D eigenvalue weighted by Crippen LogP contribution is 2.21. The van der Waals surface area contributed by atoms with Crippen LogP contribution in [0.4, 0.5) is 5.69 Å². The van der Waals surface area contributed by atoms with Crippen molar-refractivity contribution < 1.29 is 17.9 Å². The molecule has 0 aliphatic rings. The minimum absolute atomic E-state index is 0.118. The van der Waals surface area contributed by atoms with Crippen LogP contribution in [0.2, 0.25) is 0 Å². The maximum Gasteiger partial charge on any atom is 0.232 e. The van der Waals surface area contributed by atoms with Crippen molar-refractivity contribution in [1.29, 1.82) is 0 Å². The van der Waals surface area contributed by atoms with Crippen molar-refractivity contribution in [2.75, 3.05) is 30.3 Å². The molecule has 0 bridgehead atoms. The second-order valence-electron chi connectivity index (χ2n) is 6.30. The van der Waals surface area contributed by atoms with E-state index in [-0.39, 0.29) is 18.9 Å². The van der Waals surface area contributed by atoms with E-state index in [4.69, 9.17) is 4.74 Å². The Balaban J connectivity index is 1.68. The fourth-order valence-corrected chi connectivity index (χ4v) is 3.82. The lowest BCUT2D eigenvalue weighted by Crippen LogP contribution is -2.32. The zero-order valence-electron chi connectivity index (χ0n) is 15.8. The van der Waals surface area contributed by atoms with E-state index in [9.17, 15) is 13.2 Å². The molecule has 28 heavy (non-hydrogen) atoms. The van der Waals surface area contributed by atoms with Gasteiger partial charge in [-0.3, -0.25) is 9.10 Å². The monoisotopic (exact) mass is 468 g/mol. The molecule has 1 N–H and O–H groups in total. The number of nitrogens with zero attached hydrogens (tertiary/aromatic N) is 1. The summed E-state index contributed by atoms with van der Waals surface area (Å²) in [5.41, 5.74) is 1.67. The van der Waals surface area contributed by atoms with E-state index >= 15 is 0 Å². The number of hydrogen-bond donors (Lipinski definition) is 1. The van der Waals surface area contributed by atoms with Gasteiger partial charge in [0.1, 0.15) is 0 Å². The number of anilines is 1. The number of carbonyl (C=O) groups is 1. The molecule has 152 valence electrons. The summed E-state index contributed by atoms with van der Waals surface area (Å²) < 4.78 is 31.8. The third-order valence-corrected chi connectivity index (χ3v) is 5.68. The summed E-state index contributed by atoms with van der Waals surface area (Å²) in [7, 11) is -3.41. The van der Waals surface area contributed by atoms with Gasteiger partial charge in [0, 0.05) is 24.0 Å². The molecule has 0 unspecified atom stereocenters. The molecule has 0 atom stereocenters. The van der Waals surface area contributed by atoms with Crippen LogP contribution in [0.3, 0.4) is 0 Å². The van der Waals surface area contributed by atoms with Crippen LogP contribution in [-0.2, 0) is 26.2 Å². The van der Waals surface area contributed by atoms with Crippen molar-refractivity contribution in [3.05, 3.63) is 64.6 Å². The smallest absolute Gasteiger partial charge is 0.232 e. The number of ether oxygens (including phenoxy) is 1. The predicted octanol–water partition coefficient (Wildman–Crippen LogP) is 3.33. The second kappa shape index (κ2) is 11.2. The molecule has 2 aromatic carbocycles. The second-order valence-corrected chi connectivity index (χ2v) is 9.13. The van der Waals surface area contributed by atoms with Gasteiger partial charge in [-0.2, -0.15) is 0 Å². The molecular weight excluding hydrogens is 444 g/mol. The van der Waals surface area contributed by atoms with Crippen LogP contribution >= 0.6 is 15.9 Å². The van der Waals surface area contributed by atoms with Crippen molar-refractivity contribution in [2.45, 2.75) is 19.4 Å². The summed E-state index contributed by atoms with van der Waals surface area (Å²) in [5, 5.41) is 2.79. The number of halogens is 1. The number of rotatable bonds is 11. The van der Waals surface area contributed by atoms with Crippen molar-refractivity contribution >= 4 is 37.5 Å². The third-order valence-electron chi connectivity index (χ3n) is 3.96. The first kappa shape index (κ1) is 22.4. The van der Waals surface area contributed by atoms with E-state index in [0.29, 0.717) is 31.9 Å². The van der Waals surface area contributed by atoms with Gasteiger partial charge in [-0.25, -0.2) is 8.42 Å². The summed E-state index contributed by atoms with van der Waals surface area (Å²) in [6.07, 6.45) is 1.85. The average molecular weight is 469 g/mol. The highest BCUT2D eigenvalue weighted by atomic mass is 79.9. The highest BCUT2D eigenvalue weighted by molar-refractivity contribution is 9.10.